The lowest BCUT2D eigenvalue weighted by atomic mass is 9.74. The van der Waals surface area contributed by atoms with E-state index in [4.69, 9.17) is 9.47 Å². The number of ether oxygens (including phenoxy) is 2. The summed E-state index contributed by atoms with van der Waals surface area (Å²) in [5.41, 5.74) is 1.98. The molecule has 41 heavy (non-hydrogen) atoms. The van der Waals surface area contributed by atoms with Crippen molar-refractivity contribution in [1.29, 1.82) is 0 Å². The van der Waals surface area contributed by atoms with Crippen molar-refractivity contribution in [3.05, 3.63) is 59.7 Å². The van der Waals surface area contributed by atoms with Crippen LogP contribution in [0.1, 0.15) is 151 Å². The molecule has 2 unspecified atom stereocenters. The molecule has 0 heterocycles. The molecule has 2 aliphatic rings. The van der Waals surface area contributed by atoms with Gasteiger partial charge >= 0.3 is 5.97 Å². The number of carbonyl (C=O) groups is 1. The van der Waals surface area contributed by atoms with Crippen molar-refractivity contribution < 1.29 is 14.3 Å². The van der Waals surface area contributed by atoms with Gasteiger partial charge in [-0.25, -0.2) is 4.79 Å². The van der Waals surface area contributed by atoms with E-state index >= 15 is 0 Å². The quantitative estimate of drug-likeness (QED) is 0.116. The predicted molar refractivity (Wildman–Crippen MR) is 171 cm³/mol. The Morgan fingerprint density at radius 1 is 0.659 bits per heavy atom. The van der Waals surface area contributed by atoms with Gasteiger partial charge in [0.15, 0.2) is 0 Å². The fraction of sp³-hybridized carbons (Fsp3) is 0.658. The Balaban J connectivity index is 1.15. The number of benzene rings is 2. The molecule has 0 aliphatic heterocycles. The molecule has 2 aromatic carbocycles. The van der Waals surface area contributed by atoms with Crippen LogP contribution < -0.4 is 9.47 Å². The van der Waals surface area contributed by atoms with Gasteiger partial charge in [-0.3, -0.25) is 0 Å². The molecule has 0 N–H and O–H groups in total. The summed E-state index contributed by atoms with van der Waals surface area (Å²) in [5, 5.41) is 0. The molecule has 2 aliphatic carbocycles. The molecule has 0 saturated heterocycles. The Morgan fingerprint density at radius 3 is 1.88 bits per heavy atom. The Hall–Kier alpha value is -2.29. The van der Waals surface area contributed by atoms with E-state index in [0.29, 0.717) is 17.2 Å². The van der Waals surface area contributed by atoms with Gasteiger partial charge in [0.25, 0.3) is 0 Å². The van der Waals surface area contributed by atoms with Crippen LogP contribution in [0, 0.1) is 17.8 Å². The summed E-state index contributed by atoms with van der Waals surface area (Å²) in [6.07, 6.45) is 24.3. The highest BCUT2D eigenvalue weighted by atomic mass is 16.5. The van der Waals surface area contributed by atoms with Crippen LogP contribution in [0.5, 0.6) is 11.5 Å². The smallest absolute Gasteiger partial charge is 0.343 e. The molecule has 0 spiro atoms. The van der Waals surface area contributed by atoms with E-state index in [0.717, 1.165) is 36.5 Å². The SMILES string of the molecule is CCCCCC1CCC(c2ccc(C(=O)Oc3ccc(OCCCC4CCCCC4CCCCC)cc3)cc2)CC1. The van der Waals surface area contributed by atoms with Gasteiger partial charge in [-0.05, 0) is 104 Å². The number of esters is 1. The maximum Gasteiger partial charge on any atom is 0.343 e. The molecule has 2 fully saturated rings. The molecule has 2 atom stereocenters. The summed E-state index contributed by atoms with van der Waals surface area (Å²) in [6, 6.07) is 15.6. The minimum absolute atomic E-state index is 0.300. The summed E-state index contributed by atoms with van der Waals surface area (Å²) in [5.74, 6) is 4.47. The number of carbonyl (C=O) groups excluding carboxylic acids is 1. The summed E-state index contributed by atoms with van der Waals surface area (Å²) in [7, 11) is 0. The van der Waals surface area contributed by atoms with E-state index in [1.54, 1.807) is 0 Å². The van der Waals surface area contributed by atoms with Crippen LogP contribution in [-0.4, -0.2) is 12.6 Å². The molecule has 0 bridgehead atoms. The minimum Gasteiger partial charge on any atom is -0.494 e. The van der Waals surface area contributed by atoms with Crippen LogP contribution in [0.2, 0.25) is 0 Å². The summed E-state index contributed by atoms with van der Waals surface area (Å²) < 4.78 is 11.7. The third-order valence-electron chi connectivity index (χ3n) is 9.95. The van der Waals surface area contributed by atoms with Gasteiger partial charge in [0, 0.05) is 0 Å². The van der Waals surface area contributed by atoms with E-state index < -0.39 is 0 Å². The van der Waals surface area contributed by atoms with Crippen LogP contribution in [0.15, 0.2) is 48.5 Å². The Morgan fingerprint density at radius 2 is 1.24 bits per heavy atom. The Kier molecular flexibility index (Phi) is 13.6. The van der Waals surface area contributed by atoms with Crippen LogP contribution in [0.4, 0.5) is 0 Å². The van der Waals surface area contributed by atoms with E-state index in [1.807, 2.05) is 36.4 Å². The number of hydrogen-bond acceptors (Lipinski definition) is 3. The monoisotopic (exact) mass is 560 g/mol. The molecule has 2 saturated carbocycles. The minimum atomic E-state index is -0.300. The third kappa shape index (κ3) is 10.5. The summed E-state index contributed by atoms with van der Waals surface area (Å²) in [6.45, 7) is 5.33. The highest BCUT2D eigenvalue weighted by Gasteiger charge is 2.24. The second-order valence-corrected chi connectivity index (χ2v) is 13.0. The highest BCUT2D eigenvalue weighted by molar-refractivity contribution is 5.91. The normalized spacial score (nSPS) is 22.8. The fourth-order valence-corrected chi connectivity index (χ4v) is 7.37. The van der Waals surface area contributed by atoms with Crippen molar-refractivity contribution in [2.45, 2.75) is 135 Å². The van der Waals surface area contributed by atoms with Crippen molar-refractivity contribution in [3.63, 3.8) is 0 Å². The molecule has 3 nitrogen and oxygen atoms in total. The highest BCUT2D eigenvalue weighted by Crippen LogP contribution is 2.38. The van der Waals surface area contributed by atoms with Crippen molar-refractivity contribution in [2.24, 2.45) is 17.8 Å². The Labute approximate surface area is 250 Å². The topological polar surface area (TPSA) is 35.5 Å². The predicted octanol–water partition coefficient (Wildman–Crippen LogP) is 11.3. The van der Waals surface area contributed by atoms with E-state index in [2.05, 4.69) is 26.0 Å². The standard InChI is InChI=1S/C38H56O3/c1-3-5-7-12-30-17-19-33(20-18-30)34-21-23-35(24-22-34)38(39)41-37-27-25-36(26-28-37)40-29-11-16-32-15-10-9-14-31(32)13-8-6-4-2/h21-28,30-33H,3-20,29H2,1-2H3. The third-order valence-corrected chi connectivity index (χ3v) is 9.95. The van der Waals surface area contributed by atoms with Gasteiger partial charge < -0.3 is 9.47 Å². The van der Waals surface area contributed by atoms with Crippen molar-refractivity contribution in [3.8, 4) is 11.5 Å². The largest absolute Gasteiger partial charge is 0.494 e. The molecule has 0 radical (unpaired) electrons. The van der Waals surface area contributed by atoms with Crippen LogP contribution in [0.3, 0.4) is 0 Å². The average molecular weight is 561 g/mol. The van der Waals surface area contributed by atoms with Crippen molar-refractivity contribution in [2.75, 3.05) is 6.61 Å². The molecule has 2 aromatic rings. The first kappa shape index (κ1) is 31.6. The lowest BCUT2D eigenvalue weighted by Gasteiger charge is -2.31. The molecule has 4 rings (SSSR count). The number of rotatable bonds is 16. The molecule has 3 heteroatoms. The first-order valence-corrected chi connectivity index (χ1v) is 17.2. The lowest BCUT2D eigenvalue weighted by molar-refractivity contribution is 0.0734. The number of hydrogen-bond donors (Lipinski definition) is 0. The molecular formula is C38H56O3. The van der Waals surface area contributed by atoms with E-state index in [1.165, 1.54) is 115 Å². The van der Waals surface area contributed by atoms with E-state index in [9.17, 15) is 4.79 Å². The average Bonchev–Trinajstić information content (AvgIpc) is 3.01. The number of unbranched alkanes of at least 4 members (excludes halogenated alkanes) is 4. The van der Waals surface area contributed by atoms with Gasteiger partial charge in [0.1, 0.15) is 11.5 Å². The second kappa shape index (κ2) is 17.6. The maximum atomic E-state index is 12.8. The van der Waals surface area contributed by atoms with Crippen molar-refractivity contribution in [1.82, 2.24) is 0 Å². The van der Waals surface area contributed by atoms with Crippen LogP contribution in [-0.2, 0) is 0 Å². The fourth-order valence-electron chi connectivity index (χ4n) is 7.37. The first-order valence-electron chi connectivity index (χ1n) is 17.2. The van der Waals surface area contributed by atoms with Gasteiger partial charge in [0.05, 0.1) is 12.2 Å². The van der Waals surface area contributed by atoms with Gasteiger partial charge in [-0.15, -0.1) is 0 Å². The summed E-state index contributed by atoms with van der Waals surface area (Å²) in [4.78, 5) is 12.8. The van der Waals surface area contributed by atoms with Crippen LogP contribution >= 0.6 is 0 Å². The zero-order chi connectivity index (χ0) is 28.7. The lowest BCUT2D eigenvalue weighted by Crippen LogP contribution is -2.20. The van der Waals surface area contributed by atoms with Gasteiger partial charge in [0.2, 0.25) is 0 Å². The molecule has 0 aromatic heterocycles. The zero-order valence-corrected chi connectivity index (χ0v) is 26.1. The molecule has 0 amide bonds. The zero-order valence-electron chi connectivity index (χ0n) is 26.1. The summed E-state index contributed by atoms with van der Waals surface area (Å²) >= 11 is 0. The van der Waals surface area contributed by atoms with Crippen molar-refractivity contribution >= 4 is 5.97 Å². The second-order valence-electron chi connectivity index (χ2n) is 13.0. The maximum absolute atomic E-state index is 12.8. The first-order chi connectivity index (χ1) is 20.2. The van der Waals surface area contributed by atoms with Gasteiger partial charge in [-0.1, -0.05) is 103 Å². The molecule has 226 valence electrons. The van der Waals surface area contributed by atoms with Crippen LogP contribution in [0.25, 0.3) is 0 Å². The van der Waals surface area contributed by atoms with E-state index in [-0.39, 0.29) is 5.97 Å². The molecular weight excluding hydrogens is 504 g/mol. The Bertz CT molecular complexity index is 987. The van der Waals surface area contributed by atoms with Gasteiger partial charge in [-0.2, -0.15) is 0 Å².